The number of nitrogens with zero attached hydrogens (tertiary/aromatic N) is 5. The van der Waals surface area contributed by atoms with Crippen LogP contribution in [0.1, 0.15) is 62.3 Å². The van der Waals surface area contributed by atoms with E-state index in [2.05, 4.69) is 20.0 Å². The fraction of sp³-hybridized carbons (Fsp3) is 0.317. The zero-order valence-electron chi connectivity index (χ0n) is 29.8. The molecule has 0 spiro atoms. The molecule has 3 fully saturated rings. The van der Waals surface area contributed by atoms with Gasteiger partial charge >= 0.3 is 0 Å². The maximum atomic E-state index is 13.3. The van der Waals surface area contributed by atoms with E-state index in [1.165, 1.54) is 0 Å². The van der Waals surface area contributed by atoms with Gasteiger partial charge in [-0.15, -0.1) is 0 Å². The summed E-state index contributed by atoms with van der Waals surface area (Å²) in [5.74, 6) is -0.272. The summed E-state index contributed by atoms with van der Waals surface area (Å²) in [6, 6.07) is 25.5. The zero-order valence-corrected chi connectivity index (χ0v) is 29.8. The molecule has 54 heavy (non-hydrogen) atoms. The van der Waals surface area contributed by atoms with Gasteiger partial charge < -0.3 is 15.4 Å². The molecule has 1 aromatic heterocycles. The number of carbonyl (C=O) groups excluding carboxylic acids is 5. The Labute approximate surface area is 312 Å². The first kappa shape index (κ1) is 35.1. The van der Waals surface area contributed by atoms with E-state index in [1.807, 2.05) is 66.7 Å². The lowest BCUT2D eigenvalue weighted by molar-refractivity contribution is -0.136. The minimum Gasteiger partial charge on any atom is -0.457 e. The van der Waals surface area contributed by atoms with E-state index < -0.39 is 35.6 Å². The lowest BCUT2D eigenvalue weighted by Crippen LogP contribution is -2.54. The second kappa shape index (κ2) is 14.8. The number of hydrogen-bond donors (Lipinski definition) is 2. The van der Waals surface area contributed by atoms with Crippen LogP contribution in [0.2, 0.25) is 0 Å². The van der Waals surface area contributed by atoms with Crippen molar-refractivity contribution in [2.24, 2.45) is 5.73 Å². The molecule has 3 saturated heterocycles. The molecule has 1 atom stereocenters. The normalized spacial score (nSPS) is 19.9. The summed E-state index contributed by atoms with van der Waals surface area (Å²) >= 11 is 0. The van der Waals surface area contributed by atoms with Crippen molar-refractivity contribution in [1.29, 1.82) is 0 Å². The molecule has 4 aliphatic heterocycles. The van der Waals surface area contributed by atoms with Crippen molar-refractivity contribution >= 4 is 35.4 Å². The van der Waals surface area contributed by atoms with Gasteiger partial charge in [0.25, 0.3) is 17.7 Å². The summed E-state index contributed by atoms with van der Waals surface area (Å²) in [5.41, 5.74) is 9.01. The highest BCUT2D eigenvalue weighted by atomic mass is 16.5. The van der Waals surface area contributed by atoms with Gasteiger partial charge in [-0.25, -0.2) is 4.98 Å². The van der Waals surface area contributed by atoms with E-state index in [-0.39, 0.29) is 12.8 Å². The summed E-state index contributed by atoms with van der Waals surface area (Å²) < 4.78 is 5.94. The van der Waals surface area contributed by atoms with Gasteiger partial charge in [-0.1, -0.05) is 24.3 Å². The number of para-hydroxylation sites is 1. The standard InChI is InChI=1S/C41H41N7O6/c42-38(50)32-12-14-35(43-37(32)27-7-9-30(10-8-27)54-29-4-2-1-3-5-29)47-22-20-46(21-23-47)28-16-18-45(19-17-28)25-26-6-11-31-33(24-26)41(53)48(40(31)52)34-13-15-36(49)44-39(34)51/h1-12,14,24,28,34H,13,15-23,25H2,(H2,42,50)(H,44,49,51). The van der Waals surface area contributed by atoms with Crippen LogP contribution in [-0.2, 0) is 16.1 Å². The van der Waals surface area contributed by atoms with Crippen LogP contribution in [0, 0.1) is 0 Å². The predicted octanol–water partition coefficient (Wildman–Crippen LogP) is 3.83. The van der Waals surface area contributed by atoms with Crippen LogP contribution in [0.25, 0.3) is 11.3 Å². The second-order valence-electron chi connectivity index (χ2n) is 14.2. The van der Waals surface area contributed by atoms with Crippen LogP contribution >= 0.6 is 0 Å². The third-order valence-electron chi connectivity index (χ3n) is 10.9. The van der Waals surface area contributed by atoms with Crippen LogP contribution in [0.4, 0.5) is 5.82 Å². The van der Waals surface area contributed by atoms with Crippen molar-refractivity contribution in [3.63, 3.8) is 0 Å². The number of anilines is 1. The fourth-order valence-electron chi connectivity index (χ4n) is 7.98. The molecule has 1 unspecified atom stereocenters. The molecule has 3 N–H and O–H groups in total. The van der Waals surface area contributed by atoms with E-state index in [0.717, 1.165) is 79.7 Å². The maximum Gasteiger partial charge on any atom is 0.262 e. The minimum atomic E-state index is -0.972. The Hall–Kier alpha value is -5.92. The van der Waals surface area contributed by atoms with E-state index in [0.29, 0.717) is 40.7 Å². The number of primary amides is 1. The van der Waals surface area contributed by atoms with Gasteiger partial charge in [0.15, 0.2) is 0 Å². The molecular weight excluding hydrogens is 686 g/mol. The molecule has 8 rings (SSSR count). The highest BCUT2D eigenvalue weighted by Crippen LogP contribution is 2.31. The average molecular weight is 728 g/mol. The number of piperazine rings is 1. The van der Waals surface area contributed by atoms with E-state index in [1.54, 1.807) is 18.2 Å². The number of nitrogens with one attached hydrogen (secondary N) is 1. The number of pyridine rings is 1. The number of rotatable bonds is 9. The van der Waals surface area contributed by atoms with Gasteiger partial charge in [-0.3, -0.25) is 44.0 Å². The Balaban J connectivity index is 0.852. The summed E-state index contributed by atoms with van der Waals surface area (Å²) in [6.07, 6.45) is 2.26. The largest absolute Gasteiger partial charge is 0.457 e. The number of likely N-dealkylation sites (tertiary alicyclic amines) is 1. The number of hydrogen-bond acceptors (Lipinski definition) is 10. The van der Waals surface area contributed by atoms with E-state index in [4.69, 9.17) is 15.5 Å². The van der Waals surface area contributed by atoms with Crippen molar-refractivity contribution in [2.75, 3.05) is 44.2 Å². The Morgan fingerprint density at radius 2 is 1.48 bits per heavy atom. The molecule has 3 aromatic carbocycles. The zero-order chi connectivity index (χ0) is 37.3. The fourth-order valence-corrected chi connectivity index (χ4v) is 7.98. The highest BCUT2D eigenvalue weighted by Gasteiger charge is 2.44. The number of imide groups is 2. The number of amides is 5. The summed E-state index contributed by atoms with van der Waals surface area (Å²) in [4.78, 5) is 75.9. The maximum absolute atomic E-state index is 13.3. The van der Waals surface area contributed by atoms with Crippen molar-refractivity contribution in [3.8, 4) is 22.8 Å². The molecule has 0 saturated carbocycles. The Morgan fingerprint density at radius 3 is 2.19 bits per heavy atom. The van der Waals surface area contributed by atoms with Crippen molar-refractivity contribution in [1.82, 2.24) is 25.0 Å². The Bertz CT molecular complexity index is 2110. The van der Waals surface area contributed by atoms with Gasteiger partial charge in [0.1, 0.15) is 23.4 Å². The molecule has 5 amide bonds. The van der Waals surface area contributed by atoms with Gasteiger partial charge in [-0.2, -0.15) is 0 Å². The molecule has 13 nitrogen and oxygen atoms in total. The molecule has 0 bridgehead atoms. The van der Waals surface area contributed by atoms with Gasteiger partial charge in [-0.05, 0) is 98.6 Å². The summed E-state index contributed by atoms with van der Waals surface area (Å²) in [7, 11) is 0. The molecule has 276 valence electrons. The first-order valence-electron chi connectivity index (χ1n) is 18.4. The van der Waals surface area contributed by atoms with Gasteiger partial charge in [0.2, 0.25) is 11.8 Å². The second-order valence-corrected chi connectivity index (χ2v) is 14.2. The average Bonchev–Trinajstić information content (AvgIpc) is 3.43. The first-order valence-corrected chi connectivity index (χ1v) is 18.4. The lowest BCUT2D eigenvalue weighted by Gasteiger charge is -2.43. The number of benzene rings is 3. The third kappa shape index (κ3) is 7.07. The first-order chi connectivity index (χ1) is 26.2. The van der Waals surface area contributed by atoms with Crippen molar-refractivity contribution < 1.29 is 28.7 Å². The third-order valence-corrected chi connectivity index (χ3v) is 10.9. The SMILES string of the molecule is NC(=O)c1ccc(N2CCN(C3CCN(Cc4ccc5c(c4)C(=O)N(C4CCC(=O)NC4=O)C5=O)CC3)CC2)nc1-c1ccc(Oc2ccccc2)cc1. The highest BCUT2D eigenvalue weighted by molar-refractivity contribution is 6.23. The number of fused-ring (bicyclic) bond motifs is 1. The molecule has 13 heteroatoms. The van der Waals surface area contributed by atoms with Crippen LogP contribution in [0.15, 0.2) is 84.9 Å². The van der Waals surface area contributed by atoms with Crippen molar-refractivity contribution in [2.45, 2.75) is 44.3 Å². The van der Waals surface area contributed by atoms with Gasteiger partial charge in [0, 0.05) is 50.7 Å². The predicted molar refractivity (Wildman–Crippen MR) is 200 cm³/mol. The number of nitrogens with two attached hydrogens (primary N) is 1. The smallest absolute Gasteiger partial charge is 0.262 e. The molecule has 0 aliphatic carbocycles. The van der Waals surface area contributed by atoms with Gasteiger partial charge in [0.05, 0.1) is 22.4 Å². The summed E-state index contributed by atoms with van der Waals surface area (Å²) in [6.45, 7) is 5.89. The minimum absolute atomic E-state index is 0.0908. The van der Waals surface area contributed by atoms with Crippen LogP contribution in [0.3, 0.4) is 0 Å². The number of piperidine rings is 2. The monoisotopic (exact) mass is 727 g/mol. The Kier molecular flexibility index (Phi) is 9.65. The number of carbonyl (C=O) groups is 5. The van der Waals surface area contributed by atoms with Crippen LogP contribution in [-0.4, -0.2) is 101 Å². The molecule has 5 heterocycles. The Morgan fingerprint density at radius 1 is 0.778 bits per heavy atom. The van der Waals surface area contributed by atoms with Crippen LogP contribution in [0.5, 0.6) is 11.5 Å². The quantitative estimate of drug-likeness (QED) is 0.243. The van der Waals surface area contributed by atoms with E-state index >= 15 is 0 Å². The van der Waals surface area contributed by atoms with Crippen molar-refractivity contribution in [3.05, 3.63) is 107 Å². The molecule has 0 radical (unpaired) electrons. The molecular formula is C41H41N7O6. The number of ether oxygens (including phenoxy) is 1. The topological polar surface area (TPSA) is 158 Å². The number of aromatic nitrogens is 1. The summed E-state index contributed by atoms with van der Waals surface area (Å²) in [5, 5.41) is 2.24. The van der Waals surface area contributed by atoms with Crippen LogP contribution < -0.4 is 20.7 Å². The molecule has 4 aliphatic rings. The lowest BCUT2D eigenvalue weighted by atomic mass is 10.0. The van der Waals surface area contributed by atoms with E-state index in [9.17, 15) is 24.0 Å². The molecule has 4 aromatic rings.